The van der Waals surface area contributed by atoms with Crippen LogP contribution in [0.1, 0.15) is 112 Å². The molecule has 8 aliphatic rings. The molecule has 4 N–H and O–H groups in total. The molecule has 0 amide bonds. The van der Waals surface area contributed by atoms with Gasteiger partial charge in [-0.1, -0.05) is 27.4 Å². The summed E-state index contributed by atoms with van der Waals surface area (Å²) < 4.78 is 49.2. The van der Waals surface area contributed by atoms with Crippen LogP contribution >= 0.6 is 0 Å². The number of aliphatic hydroxyl groups is 4. The molecule has 56 heavy (non-hydrogen) atoms. The van der Waals surface area contributed by atoms with Crippen molar-refractivity contribution in [3.63, 3.8) is 0 Å². The molecule has 0 aromatic carbocycles. The zero-order chi connectivity index (χ0) is 39.9. The molecule has 7 fully saturated rings. The molecular weight excluding hydrogens is 720 g/mol. The van der Waals surface area contributed by atoms with Crippen molar-refractivity contribution in [2.45, 2.75) is 198 Å². The summed E-state index contributed by atoms with van der Waals surface area (Å²) in [6.07, 6.45) is 4.51. The SMILES string of the molecule is C=C1C=C([C@@H]2CCC3(O)C4CCC5CC(O[C@H]6C[C@H](O)C(OC7C[C@H](C)C(OC8C[C@H](O)[C@H](OC)[C@@H](C)O8)[C@@H](C)O7)[C@@H](C)O6)CC[C@]5(C)C4CC(O)[C@]23C)CO1. The van der Waals surface area contributed by atoms with Crippen LogP contribution in [0.3, 0.4) is 0 Å². The van der Waals surface area contributed by atoms with Crippen molar-refractivity contribution in [3.8, 4) is 0 Å². The molecule has 0 aromatic rings. The molecule has 318 valence electrons. The molecule has 0 bridgehead atoms. The van der Waals surface area contributed by atoms with Gasteiger partial charge in [0.15, 0.2) is 18.9 Å². The summed E-state index contributed by atoms with van der Waals surface area (Å²) in [5.74, 6) is 1.69. The summed E-state index contributed by atoms with van der Waals surface area (Å²) in [6.45, 7) is 16.9. The van der Waals surface area contributed by atoms with E-state index < -0.39 is 60.4 Å². The van der Waals surface area contributed by atoms with E-state index in [9.17, 15) is 20.4 Å². The van der Waals surface area contributed by atoms with Crippen LogP contribution in [0.2, 0.25) is 0 Å². The number of aliphatic hydroxyl groups excluding tert-OH is 3. The van der Waals surface area contributed by atoms with E-state index in [1.807, 2.05) is 26.8 Å². The maximum absolute atomic E-state index is 12.7. The van der Waals surface area contributed by atoms with Gasteiger partial charge in [-0.2, -0.15) is 0 Å². The molecule has 4 aliphatic carbocycles. The minimum absolute atomic E-state index is 0.0105. The Labute approximate surface area is 333 Å². The predicted octanol–water partition coefficient (Wildman–Crippen LogP) is 5.13. The number of methoxy groups -OCH3 is 1. The number of hydrogen-bond donors (Lipinski definition) is 4. The van der Waals surface area contributed by atoms with Crippen molar-refractivity contribution in [2.75, 3.05) is 13.7 Å². The third-order valence-electron chi connectivity index (χ3n) is 16.6. The van der Waals surface area contributed by atoms with Crippen molar-refractivity contribution < 1.29 is 58.3 Å². The molecule has 0 aromatic heterocycles. The normalized spacial score (nSPS) is 54.8. The highest BCUT2D eigenvalue weighted by Crippen LogP contribution is 2.70. The molecule has 21 atom stereocenters. The zero-order valence-electron chi connectivity index (χ0n) is 34.7. The van der Waals surface area contributed by atoms with Crippen LogP contribution in [0.4, 0.5) is 0 Å². The minimum atomic E-state index is -0.914. The summed E-state index contributed by atoms with van der Waals surface area (Å²) in [5.41, 5.74) is -0.338. The van der Waals surface area contributed by atoms with E-state index in [-0.39, 0.29) is 59.6 Å². The monoisotopic (exact) mass is 790 g/mol. The van der Waals surface area contributed by atoms with Crippen molar-refractivity contribution in [2.24, 2.45) is 40.4 Å². The fourth-order valence-corrected chi connectivity index (χ4v) is 13.5. The minimum Gasteiger partial charge on any atom is -0.490 e. The quantitative estimate of drug-likeness (QED) is 0.241. The van der Waals surface area contributed by atoms with Crippen LogP contribution in [0.15, 0.2) is 24.0 Å². The first-order valence-corrected chi connectivity index (χ1v) is 21.8. The van der Waals surface area contributed by atoms with E-state index in [2.05, 4.69) is 27.4 Å². The first-order valence-electron chi connectivity index (χ1n) is 21.8. The summed E-state index contributed by atoms with van der Waals surface area (Å²) in [7, 11) is 1.58. The Morgan fingerprint density at radius 1 is 0.714 bits per heavy atom. The average molecular weight is 791 g/mol. The Morgan fingerprint density at radius 3 is 1.96 bits per heavy atom. The van der Waals surface area contributed by atoms with Gasteiger partial charge < -0.3 is 58.3 Å². The van der Waals surface area contributed by atoms with E-state index in [1.54, 1.807) is 7.11 Å². The standard InChI is InChI=1S/C44H70O12/c1-22-15-36(51-24(3)39(22)55-38-19-33(45)40(49-8)25(4)52-38)56-41-26(5)53-37(20-34(41)46)54-29-11-13-42(6)28(17-29)9-10-31-32(42)18-35(47)43(7)30(12-14-44(31,43)48)27-16-23(2)50-21-27/h16,22,24-26,28-41,45-48H,2,9-15,17-21H2,1,3-8H3/t22-,24+,25+,26+,28?,29?,30-,31?,32?,33-,34-,35?,36?,37-,38?,39?,40+,41?,42-,43-,44?/m0/s1. The van der Waals surface area contributed by atoms with Crippen LogP contribution < -0.4 is 0 Å². The summed E-state index contributed by atoms with van der Waals surface area (Å²) in [4.78, 5) is 0. The molecule has 12 nitrogen and oxygen atoms in total. The van der Waals surface area contributed by atoms with Gasteiger partial charge in [-0.05, 0) is 119 Å². The average Bonchev–Trinajstić information content (AvgIpc) is 3.68. The molecule has 3 saturated heterocycles. The molecular formula is C44H70O12. The lowest BCUT2D eigenvalue weighted by Gasteiger charge is -2.65. The number of ether oxygens (including phenoxy) is 8. The van der Waals surface area contributed by atoms with Crippen molar-refractivity contribution >= 4 is 0 Å². The molecule has 4 heterocycles. The number of fused-ring (bicyclic) bond motifs is 5. The smallest absolute Gasteiger partial charge is 0.161 e. The van der Waals surface area contributed by atoms with E-state index >= 15 is 0 Å². The molecule has 0 spiro atoms. The number of allylic oxidation sites excluding steroid dienone is 1. The van der Waals surface area contributed by atoms with Crippen molar-refractivity contribution in [1.82, 2.24) is 0 Å². The molecule has 12 heteroatoms. The lowest BCUT2D eigenvalue weighted by molar-refractivity contribution is -0.331. The van der Waals surface area contributed by atoms with Gasteiger partial charge in [-0.3, -0.25) is 0 Å². The Bertz CT molecular complexity index is 1420. The van der Waals surface area contributed by atoms with Crippen molar-refractivity contribution in [1.29, 1.82) is 0 Å². The topological polar surface area (TPSA) is 155 Å². The maximum Gasteiger partial charge on any atom is 0.161 e. The van der Waals surface area contributed by atoms with Gasteiger partial charge in [0, 0.05) is 31.8 Å². The highest BCUT2D eigenvalue weighted by atomic mass is 16.7. The Hall–Kier alpha value is -1.16. The van der Waals surface area contributed by atoms with Gasteiger partial charge in [0.25, 0.3) is 0 Å². The van der Waals surface area contributed by atoms with Gasteiger partial charge in [0.2, 0.25) is 0 Å². The second-order valence-electron chi connectivity index (χ2n) is 19.6. The second-order valence-corrected chi connectivity index (χ2v) is 19.6. The summed E-state index contributed by atoms with van der Waals surface area (Å²) in [5, 5.41) is 46.5. The van der Waals surface area contributed by atoms with Gasteiger partial charge in [0.05, 0.1) is 54.4 Å². The van der Waals surface area contributed by atoms with Crippen LogP contribution in [-0.2, 0) is 37.9 Å². The van der Waals surface area contributed by atoms with Crippen LogP contribution in [-0.4, -0.2) is 120 Å². The largest absolute Gasteiger partial charge is 0.490 e. The lowest BCUT2D eigenvalue weighted by atomic mass is 9.42. The summed E-state index contributed by atoms with van der Waals surface area (Å²) in [6, 6.07) is 0. The van der Waals surface area contributed by atoms with Crippen LogP contribution in [0, 0.1) is 40.4 Å². The molecule has 8 rings (SSSR count). The van der Waals surface area contributed by atoms with E-state index in [0.717, 1.165) is 38.5 Å². The van der Waals surface area contributed by atoms with Crippen molar-refractivity contribution in [3.05, 3.63) is 24.0 Å². The van der Waals surface area contributed by atoms with Gasteiger partial charge in [0.1, 0.15) is 24.6 Å². The Balaban J connectivity index is 0.832. The number of rotatable bonds is 8. The third kappa shape index (κ3) is 7.06. The van der Waals surface area contributed by atoms with Gasteiger partial charge in [-0.25, -0.2) is 0 Å². The van der Waals surface area contributed by atoms with Crippen LogP contribution in [0.5, 0.6) is 0 Å². The second kappa shape index (κ2) is 15.7. The van der Waals surface area contributed by atoms with Crippen LogP contribution in [0.25, 0.3) is 0 Å². The predicted molar refractivity (Wildman–Crippen MR) is 205 cm³/mol. The molecule has 0 radical (unpaired) electrons. The third-order valence-corrected chi connectivity index (χ3v) is 16.6. The first kappa shape index (κ1) is 41.6. The highest BCUT2D eigenvalue weighted by molar-refractivity contribution is 5.32. The van der Waals surface area contributed by atoms with Gasteiger partial charge in [-0.15, -0.1) is 0 Å². The van der Waals surface area contributed by atoms with E-state index in [4.69, 9.17) is 37.9 Å². The molecule has 10 unspecified atom stereocenters. The lowest BCUT2D eigenvalue weighted by Crippen LogP contribution is -2.67. The molecule has 4 aliphatic heterocycles. The fourth-order valence-electron chi connectivity index (χ4n) is 13.5. The highest BCUT2D eigenvalue weighted by Gasteiger charge is 2.71. The van der Waals surface area contributed by atoms with E-state index in [0.29, 0.717) is 50.4 Å². The zero-order valence-corrected chi connectivity index (χ0v) is 34.7. The van der Waals surface area contributed by atoms with Gasteiger partial charge >= 0.3 is 0 Å². The van der Waals surface area contributed by atoms with E-state index in [1.165, 1.54) is 5.57 Å². The maximum atomic E-state index is 12.7. The first-order chi connectivity index (χ1) is 26.5. The fraction of sp³-hybridized carbons (Fsp3) is 0.909. The molecule has 4 saturated carbocycles. The summed E-state index contributed by atoms with van der Waals surface area (Å²) >= 11 is 0. The Morgan fingerprint density at radius 2 is 1.34 bits per heavy atom. The number of hydrogen-bond acceptors (Lipinski definition) is 12. The Kier molecular flexibility index (Phi) is 11.7.